The van der Waals surface area contributed by atoms with Crippen LogP contribution in [0.25, 0.3) is 0 Å². The molecular weight excluding hydrogens is 440 g/mol. The summed E-state index contributed by atoms with van der Waals surface area (Å²) in [6, 6.07) is 20.1. The first-order valence-corrected chi connectivity index (χ1v) is 11.8. The number of hydrogen-bond donors (Lipinski definition) is 2. The van der Waals surface area contributed by atoms with Gasteiger partial charge in [-0.1, -0.05) is 42.0 Å². The van der Waals surface area contributed by atoms with E-state index < -0.39 is 0 Å². The zero-order chi connectivity index (χ0) is 24.5. The van der Waals surface area contributed by atoms with Gasteiger partial charge in [0.15, 0.2) is 17.3 Å². The number of methoxy groups -OCH3 is 3. The molecule has 0 radical (unpaired) electrons. The summed E-state index contributed by atoms with van der Waals surface area (Å²) < 4.78 is 16.6. The summed E-state index contributed by atoms with van der Waals surface area (Å²) in [4.78, 5) is 13.8. The normalized spacial score (nSPS) is 19.0. The van der Waals surface area contributed by atoms with Crippen molar-refractivity contribution >= 4 is 17.2 Å². The fourth-order valence-corrected chi connectivity index (χ4v) is 5.07. The third-order valence-electron chi connectivity index (χ3n) is 6.88. The quantitative estimate of drug-likeness (QED) is 0.477. The molecule has 0 fully saturated rings. The van der Waals surface area contributed by atoms with Crippen molar-refractivity contribution in [3.8, 4) is 17.2 Å². The van der Waals surface area contributed by atoms with Gasteiger partial charge in [0.25, 0.3) is 0 Å². The number of ketones is 1. The van der Waals surface area contributed by atoms with Gasteiger partial charge in [0.05, 0.1) is 38.7 Å². The van der Waals surface area contributed by atoms with Gasteiger partial charge in [-0.3, -0.25) is 4.79 Å². The smallest absolute Gasteiger partial charge is 0.203 e. The third kappa shape index (κ3) is 4.20. The molecule has 3 aromatic rings. The molecular formula is C29H30N2O4. The fourth-order valence-electron chi connectivity index (χ4n) is 5.07. The average Bonchev–Trinajstić information content (AvgIpc) is 3.05. The van der Waals surface area contributed by atoms with E-state index in [1.807, 2.05) is 36.4 Å². The molecule has 2 N–H and O–H groups in total. The van der Waals surface area contributed by atoms with Crippen LogP contribution in [0.2, 0.25) is 0 Å². The summed E-state index contributed by atoms with van der Waals surface area (Å²) in [5.41, 5.74) is 6.93. The molecule has 1 heterocycles. The molecule has 0 saturated carbocycles. The summed E-state index contributed by atoms with van der Waals surface area (Å²) >= 11 is 0. The Labute approximate surface area is 205 Å². The highest BCUT2D eigenvalue weighted by Gasteiger charge is 2.36. The van der Waals surface area contributed by atoms with Crippen molar-refractivity contribution < 1.29 is 19.0 Å². The van der Waals surface area contributed by atoms with Crippen LogP contribution >= 0.6 is 0 Å². The number of para-hydroxylation sites is 2. The molecule has 1 aliphatic carbocycles. The van der Waals surface area contributed by atoms with Crippen molar-refractivity contribution in [2.75, 3.05) is 32.0 Å². The molecule has 35 heavy (non-hydrogen) atoms. The maximum absolute atomic E-state index is 13.8. The van der Waals surface area contributed by atoms with Gasteiger partial charge < -0.3 is 24.8 Å². The van der Waals surface area contributed by atoms with E-state index in [1.54, 1.807) is 21.3 Å². The largest absolute Gasteiger partial charge is 0.493 e. The predicted molar refractivity (Wildman–Crippen MR) is 138 cm³/mol. The van der Waals surface area contributed by atoms with E-state index in [2.05, 4.69) is 41.8 Å². The van der Waals surface area contributed by atoms with Crippen molar-refractivity contribution in [1.82, 2.24) is 0 Å². The highest BCUT2D eigenvalue weighted by atomic mass is 16.5. The first kappa shape index (κ1) is 22.8. The lowest BCUT2D eigenvalue weighted by molar-refractivity contribution is -0.116. The fraction of sp³-hybridized carbons (Fsp3) is 0.276. The van der Waals surface area contributed by atoms with Gasteiger partial charge in [-0.15, -0.1) is 0 Å². The number of allylic oxidation sites excluding steroid dienone is 1. The number of ether oxygens (including phenoxy) is 3. The number of Topliss-reactive ketones (excluding diaryl/α,β-unsaturated/α-hetero) is 1. The van der Waals surface area contributed by atoms with Crippen LogP contribution in [0.1, 0.15) is 41.5 Å². The first-order valence-electron chi connectivity index (χ1n) is 11.8. The van der Waals surface area contributed by atoms with Gasteiger partial charge in [0.2, 0.25) is 5.75 Å². The minimum absolute atomic E-state index is 0.0219. The maximum atomic E-state index is 13.8. The van der Waals surface area contributed by atoms with Gasteiger partial charge in [-0.05, 0) is 54.7 Å². The molecule has 0 unspecified atom stereocenters. The Morgan fingerprint density at radius 1 is 0.800 bits per heavy atom. The number of hydrogen-bond acceptors (Lipinski definition) is 6. The monoisotopic (exact) mass is 470 g/mol. The van der Waals surface area contributed by atoms with Crippen molar-refractivity contribution in [1.29, 1.82) is 0 Å². The second-order valence-corrected chi connectivity index (χ2v) is 9.04. The minimum Gasteiger partial charge on any atom is -0.493 e. The molecule has 0 bridgehead atoms. The number of aryl methyl sites for hydroxylation is 1. The minimum atomic E-state index is -0.227. The van der Waals surface area contributed by atoms with Crippen LogP contribution in [0.3, 0.4) is 0 Å². The molecule has 0 spiro atoms. The number of anilines is 2. The zero-order valence-electron chi connectivity index (χ0n) is 20.5. The lowest BCUT2D eigenvalue weighted by atomic mass is 9.78. The average molecular weight is 471 g/mol. The van der Waals surface area contributed by atoms with Crippen LogP contribution in [-0.2, 0) is 4.79 Å². The lowest BCUT2D eigenvalue weighted by Gasteiger charge is -2.30. The summed E-state index contributed by atoms with van der Waals surface area (Å²) in [7, 11) is 4.80. The molecule has 5 rings (SSSR count). The van der Waals surface area contributed by atoms with Crippen LogP contribution in [0.15, 0.2) is 71.9 Å². The van der Waals surface area contributed by atoms with Crippen LogP contribution in [0.4, 0.5) is 11.4 Å². The van der Waals surface area contributed by atoms with Gasteiger partial charge in [-0.25, -0.2) is 0 Å². The predicted octanol–water partition coefficient (Wildman–Crippen LogP) is 6.00. The number of rotatable bonds is 5. The van der Waals surface area contributed by atoms with Crippen LogP contribution in [-0.4, -0.2) is 27.1 Å². The van der Waals surface area contributed by atoms with Gasteiger partial charge in [0, 0.05) is 17.7 Å². The van der Waals surface area contributed by atoms with Gasteiger partial charge in [0.1, 0.15) is 0 Å². The van der Waals surface area contributed by atoms with E-state index in [0.717, 1.165) is 33.8 Å². The number of fused-ring (bicyclic) bond motifs is 1. The second kappa shape index (κ2) is 9.37. The van der Waals surface area contributed by atoms with Crippen molar-refractivity contribution in [2.24, 2.45) is 0 Å². The third-order valence-corrected chi connectivity index (χ3v) is 6.88. The maximum Gasteiger partial charge on any atom is 0.203 e. The van der Waals surface area contributed by atoms with Crippen LogP contribution < -0.4 is 24.8 Å². The summed E-state index contributed by atoms with van der Waals surface area (Å²) in [5, 5.41) is 7.22. The highest BCUT2D eigenvalue weighted by molar-refractivity contribution is 6.01. The van der Waals surface area contributed by atoms with E-state index in [0.29, 0.717) is 30.1 Å². The molecule has 0 aromatic heterocycles. The molecule has 6 nitrogen and oxygen atoms in total. The van der Waals surface area contributed by atoms with E-state index in [1.165, 1.54) is 5.56 Å². The number of nitrogens with one attached hydrogen (secondary N) is 2. The number of benzene rings is 3. The Morgan fingerprint density at radius 2 is 1.46 bits per heavy atom. The van der Waals surface area contributed by atoms with E-state index in [4.69, 9.17) is 14.2 Å². The second-order valence-electron chi connectivity index (χ2n) is 9.04. The van der Waals surface area contributed by atoms with Crippen molar-refractivity contribution in [3.05, 3.63) is 88.6 Å². The molecule has 3 aromatic carbocycles. The van der Waals surface area contributed by atoms with Gasteiger partial charge in [-0.2, -0.15) is 0 Å². The zero-order valence-corrected chi connectivity index (χ0v) is 20.5. The van der Waals surface area contributed by atoms with Crippen LogP contribution in [0, 0.1) is 6.92 Å². The lowest BCUT2D eigenvalue weighted by Crippen LogP contribution is -2.27. The van der Waals surface area contributed by atoms with Gasteiger partial charge >= 0.3 is 0 Å². The Hall–Kier alpha value is -3.93. The molecule has 2 aliphatic rings. The number of carbonyl (C=O) groups excluding carboxylic acids is 1. The summed E-state index contributed by atoms with van der Waals surface area (Å²) in [6.07, 6.45) is 1.09. The highest BCUT2D eigenvalue weighted by Crippen LogP contribution is 2.47. The molecule has 0 saturated heterocycles. The van der Waals surface area contributed by atoms with Crippen LogP contribution in [0.5, 0.6) is 17.2 Å². The first-order chi connectivity index (χ1) is 17.0. The Bertz CT molecular complexity index is 1270. The standard InChI is InChI=1S/C29H30N2O4/c1-17-9-11-18(12-10-17)28-27-23(30-21-7-5-6-8-22(21)31-28)13-19(14-24(27)32)20-15-25(33-2)29(35-4)26(16-20)34-3/h5-12,15-16,19,28,30-31H,13-14H2,1-4H3/t19-,28-/m1/s1. The summed E-state index contributed by atoms with van der Waals surface area (Å²) in [6.45, 7) is 2.07. The molecule has 1 aliphatic heterocycles. The van der Waals surface area contributed by atoms with E-state index in [9.17, 15) is 4.79 Å². The topological polar surface area (TPSA) is 68.8 Å². The Morgan fingerprint density at radius 3 is 2.09 bits per heavy atom. The molecule has 0 amide bonds. The van der Waals surface area contributed by atoms with Crippen molar-refractivity contribution in [2.45, 2.75) is 31.7 Å². The van der Waals surface area contributed by atoms with E-state index >= 15 is 0 Å². The number of carbonyl (C=O) groups is 1. The van der Waals surface area contributed by atoms with E-state index in [-0.39, 0.29) is 17.7 Å². The Kier molecular flexibility index (Phi) is 6.12. The molecule has 6 heteroatoms. The van der Waals surface area contributed by atoms with Crippen molar-refractivity contribution in [3.63, 3.8) is 0 Å². The molecule has 2 atom stereocenters. The molecule has 180 valence electrons. The summed E-state index contributed by atoms with van der Waals surface area (Å²) in [5.74, 6) is 1.83. The Balaban J connectivity index is 1.59. The SMILES string of the molecule is COc1cc([C@H]2CC(=O)C3=C(C2)Nc2ccccc2N[C@@H]3c2ccc(C)cc2)cc(OC)c1OC.